The Hall–Kier alpha value is -1.81. The van der Waals surface area contributed by atoms with Crippen molar-refractivity contribution in [2.45, 2.75) is 32.9 Å². The summed E-state index contributed by atoms with van der Waals surface area (Å²) < 4.78 is 7.68. The summed E-state index contributed by atoms with van der Waals surface area (Å²) in [6, 6.07) is 7.88. The van der Waals surface area contributed by atoms with Crippen molar-refractivity contribution in [2.75, 3.05) is 0 Å². The molecule has 4 nitrogen and oxygen atoms in total. The summed E-state index contributed by atoms with van der Waals surface area (Å²) in [5.74, 6) is 1.55. The van der Waals surface area contributed by atoms with E-state index in [0.29, 0.717) is 0 Å². The Bertz CT molecular complexity index is 507. The summed E-state index contributed by atoms with van der Waals surface area (Å²) in [6.07, 6.45) is 4.49. The van der Waals surface area contributed by atoms with Crippen molar-refractivity contribution in [3.63, 3.8) is 0 Å². The molecule has 1 atom stereocenters. The molecule has 0 spiro atoms. The Morgan fingerprint density at radius 3 is 2.78 bits per heavy atom. The summed E-state index contributed by atoms with van der Waals surface area (Å²) in [7, 11) is 0. The van der Waals surface area contributed by atoms with E-state index in [9.17, 15) is 0 Å². The third-order valence-corrected chi connectivity index (χ3v) is 2.92. The highest BCUT2D eigenvalue weighted by molar-refractivity contribution is 5.38. The second-order valence-electron chi connectivity index (χ2n) is 4.19. The Balaban J connectivity index is 2.23. The van der Waals surface area contributed by atoms with Crippen LogP contribution in [0.15, 0.2) is 36.7 Å². The molecule has 0 radical (unpaired) electrons. The summed E-state index contributed by atoms with van der Waals surface area (Å²) in [5, 5.41) is 4.19. The molecule has 0 saturated carbocycles. The number of nitrogens with two attached hydrogens (primary N) is 1. The van der Waals surface area contributed by atoms with Crippen LogP contribution in [0.25, 0.3) is 0 Å². The lowest BCUT2D eigenvalue weighted by Gasteiger charge is -2.14. The normalized spacial score (nSPS) is 12.4. The molecule has 18 heavy (non-hydrogen) atoms. The van der Waals surface area contributed by atoms with Crippen LogP contribution in [0.3, 0.4) is 0 Å². The Morgan fingerprint density at radius 1 is 1.33 bits per heavy atom. The third kappa shape index (κ3) is 2.71. The van der Waals surface area contributed by atoms with Gasteiger partial charge in [0.2, 0.25) is 0 Å². The van der Waals surface area contributed by atoms with E-state index in [1.807, 2.05) is 42.1 Å². The highest BCUT2D eigenvalue weighted by Gasteiger charge is 2.11. The van der Waals surface area contributed by atoms with Crippen molar-refractivity contribution < 1.29 is 4.74 Å². The van der Waals surface area contributed by atoms with E-state index in [0.717, 1.165) is 30.0 Å². The third-order valence-electron chi connectivity index (χ3n) is 2.92. The summed E-state index contributed by atoms with van der Waals surface area (Å²) >= 11 is 0. The van der Waals surface area contributed by atoms with Gasteiger partial charge in [-0.2, -0.15) is 5.10 Å². The van der Waals surface area contributed by atoms with Gasteiger partial charge < -0.3 is 10.5 Å². The number of ether oxygens (including phenoxy) is 1. The van der Waals surface area contributed by atoms with Crippen molar-refractivity contribution in [3.8, 4) is 11.5 Å². The Labute approximate surface area is 107 Å². The maximum atomic E-state index is 6.08. The number of nitrogens with zero attached hydrogens (tertiary/aromatic N) is 2. The van der Waals surface area contributed by atoms with Gasteiger partial charge >= 0.3 is 0 Å². The molecule has 0 amide bonds. The smallest absolute Gasteiger partial charge is 0.165 e. The number of rotatable bonds is 5. The molecule has 96 valence electrons. The largest absolute Gasteiger partial charge is 0.454 e. The predicted molar refractivity (Wildman–Crippen MR) is 71.6 cm³/mol. The minimum absolute atomic E-state index is 0.00224. The van der Waals surface area contributed by atoms with Crippen LogP contribution in [0.4, 0.5) is 0 Å². The first kappa shape index (κ1) is 12.6. The van der Waals surface area contributed by atoms with Crippen LogP contribution in [-0.4, -0.2) is 9.78 Å². The zero-order chi connectivity index (χ0) is 13.0. The molecule has 0 saturated heterocycles. The van der Waals surface area contributed by atoms with Gasteiger partial charge in [0.05, 0.1) is 12.4 Å². The van der Waals surface area contributed by atoms with Crippen molar-refractivity contribution >= 4 is 0 Å². The van der Waals surface area contributed by atoms with E-state index < -0.39 is 0 Å². The van der Waals surface area contributed by atoms with Crippen LogP contribution < -0.4 is 10.5 Å². The SMILES string of the molecule is CC[C@@H](N)c1ccccc1Oc1cnn(CC)c1. The number of para-hydroxylation sites is 1. The number of hydrogen-bond acceptors (Lipinski definition) is 3. The van der Waals surface area contributed by atoms with Crippen LogP contribution in [0, 0.1) is 0 Å². The minimum atomic E-state index is 0.00224. The lowest BCUT2D eigenvalue weighted by Crippen LogP contribution is -2.09. The number of benzene rings is 1. The zero-order valence-electron chi connectivity index (χ0n) is 10.8. The van der Waals surface area contributed by atoms with Gasteiger partial charge in [-0.15, -0.1) is 0 Å². The summed E-state index contributed by atoms with van der Waals surface area (Å²) in [5.41, 5.74) is 7.11. The van der Waals surface area contributed by atoms with Crippen LogP contribution in [0.2, 0.25) is 0 Å². The fraction of sp³-hybridized carbons (Fsp3) is 0.357. The van der Waals surface area contributed by atoms with E-state index in [-0.39, 0.29) is 6.04 Å². The molecule has 1 aromatic heterocycles. The molecule has 0 aliphatic heterocycles. The Kier molecular flexibility index (Phi) is 3.99. The molecule has 0 bridgehead atoms. The van der Waals surface area contributed by atoms with Crippen molar-refractivity contribution in [3.05, 3.63) is 42.2 Å². The molecule has 1 heterocycles. The van der Waals surface area contributed by atoms with Gasteiger partial charge in [0, 0.05) is 18.2 Å². The van der Waals surface area contributed by atoms with Gasteiger partial charge in [-0.05, 0) is 19.4 Å². The lowest BCUT2D eigenvalue weighted by atomic mass is 10.0. The summed E-state index contributed by atoms with van der Waals surface area (Å²) in [4.78, 5) is 0. The average molecular weight is 245 g/mol. The van der Waals surface area contributed by atoms with Gasteiger partial charge in [-0.1, -0.05) is 25.1 Å². The molecule has 0 fully saturated rings. The van der Waals surface area contributed by atoms with Crippen molar-refractivity contribution in [1.82, 2.24) is 9.78 Å². The molecule has 2 rings (SSSR count). The van der Waals surface area contributed by atoms with Crippen LogP contribution >= 0.6 is 0 Å². The van der Waals surface area contributed by atoms with E-state index >= 15 is 0 Å². The van der Waals surface area contributed by atoms with E-state index in [4.69, 9.17) is 10.5 Å². The second-order valence-corrected chi connectivity index (χ2v) is 4.19. The molecule has 2 aromatic rings. The van der Waals surface area contributed by atoms with Gasteiger partial charge in [0.25, 0.3) is 0 Å². The summed E-state index contributed by atoms with van der Waals surface area (Å²) in [6.45, 7) is 4.94. The van der Waals surface area contributed by atoms with Crippen LogP contribution in [0.5, 0.6) is 11.5 Å². The highest BCUT2D eigenvalue weighted by Crippen LogP contribution is 2.29. The topological polar surface area (TPSA) is 53.1 Å². The van der Waals surface area contributed by atoms with Crippen molar-refractivity contribution in [1.29, 1.82) is 0 Å². The standard InChI is InChI=1S/C14H19N3O/c1-3-13(15)12-7-5-6-8-14(12)18-11-9-16-17(4-2)10-11/h5-10,13H,3-4,15H2,1-2H3/t13-/m1/s1. The molecule has 2 N–H and O–H groups in total. The first-order valence-electron chi connectivity index (χ1n) is 6.29. The van der Waals surface area contributed by atoms with Gasteiger partial charge in [-0.3, -0.25) is 4.68 Å². The molecule has 0 aliphatic rings. The molecular formula is C14H19N3O. The predicted octanol–water partition coefficient (Wildman–Crippen LogP) is 3.11. The maximum absolute atomic E-state index is 6.08. The molecular weight excluding hydrogens is 226 g/mol. The number of aromatic nitrogens is 2. The average Bonchev–Trinajstić information content (AvgIpc) is 2.86. The van der Waals surface area contributed by atoms with Gasteiger partial charge in [-0.25, -0.2) is 0 Å². The number of aryl methyl sites for hydroxylation is 1. The molecule has 1 aromatic carbocycles. The van der Waals surface area contributed by atoms with Gasteiger partial charge in [0.1, 0.15) is 5.75 Å². The lowest BCUT2D eigenvalue weighted by molar-refractivity contribution is 0.467. The fourth-order valence-corrected chi connectivity index (χ4v) is 1.80. The van der Waals surface area contributed by atoms with Crippen LogP contribution in [0.1, 0.15) is 31.9 Å². The molecule has 0 unspecified atom stereocenters. The maximum Gasteiger partial charge on any atom is 0.165 e. The van der Waals surface area contributed by atoms with E-state index in [1.54, 1.807) is 6.20 Å². The minimum Gasteiger partial charge on any atom is -0.454 e. The first-order valence-corrected chi connectivity index (χ1v) is 6.29. The monoisotopic (exact) mass is 245 g/mol. The Morgan fingerprint density at radius 2 is 2.11 bits per heavy atom. The van der Waals surface area contributed by atoms with Crippen molar-refractivity contribution in [2.24, 2.45) is 5.73 Å². The first-order chi connectivity index (χ1) is 8.74. The highest BCUT2D eigenvalue weighted by atomic mass is 16.5. The fourth-order valence-electron chi connectivity index (χ4n) is 1.80. The van der Waals surface area contributed by atoms with E-state index in [1.165, 1.54) is 0 Å². The number of hydrogen-bond donors (Lipinski definition) is 1. The van der Waals surface area contributed by atoms with Crippen LogP contribution in [-0.2, 0) is 6.54 Å². The molecule has 0 aliphatic carbocycles. The van der Waals surface area contributed by atoms with E-state index in [2.05, 4.69) is 12.0 Å². The molecule has 4 heteroatoms. The zero-order valence-corrected chi connectivity index (χ0v) is 10.8. The quantitative estimate of drug-likeness (QED) is 0.880. The van der Waals surface area contributed by atoms with Gasteiger partial charge in [0.15, 0.2) is 5.75 Å². The second kappa shape index (κ2) is 5.69.